The SMILES string of the molecule is Cc1cn(SI)c2ncc(-c3ccc(N4CCN(CCOCc5ccccc5)CC4)cc3)cc12. The van der Waals surface area contributed by atoms with Crippen LogP contribution in [0.3, 0.4) is 0 Å². The van der Waals surface area contributed by atoms with Crippen LogP contribution in [0.25, 0.3) is 22.2 Å². The number of hydrogen-bond acceptors (Lipinski definition) is 5. The molecule has 2 aromatic heterocycles. The summed E-state index contributed by atoms with van der Waals surface area (Å²) >= 11 is 2.30. The number of anilines is 1. The number of hydrogen-bond donors (Lipinski definition) is 0. The van der Waals surface area contributed by atoms with Crippen LogP contribution in [-0.4, -0.2) is 53.2 Å². The zero-order valence-electron chi connectivity index (χ0n) is 19.4. The Morgan fingerprint density at radius 2 is 1.74 bits per heavy atom. The average Bonchev–Trinajstić information content (AvgIpc) is 3.22. The highest BCUT2D eigenvalue weighted by Gasteiger charge is 2.17. The summed E-state index contributed by atoms with van der Waals surface area (Å²) in [5, 5.41) is 1.22. The Labute approximate surface area is 217 Å². The molecule has 0 amide bonds. The lowest BCUT2D eigenvalue weighted by Crippen LogP contribution is -2.47. The summed E-state index contributed by atoms with van der Waals surface area (Å²) in [6.45, 7) is 8.85. The van der Waals surface area contributed by atoms with E-state index in [0.29, 0.717) is 6.61 Å². The lowest BCUT2D eigenvalue weighted by atomic mass is 10.1. The van der Waals surface area contributed by atoms with Gasteiger partial charge in [-0.05, 0) is 41.8 Å². The number of rotatable bonds is 8. The molecule has 176 valence electrons. The van der Waals surface area contributed by atoms with Crippen molar-refractivity contribution >= 4 is 47.0 Å². The van der Waals surface area contributed by atoms with E-state index in [4.69, 9.17) is 9.72 Å². The van der Waals surface area contributed by atoms with E-state index >= 15 is 0 Å². The molecule has 1 saturated heterocycles. The van der Waals surface area contributed by atoms with Crippen LogP contribution in [0.1, 0.15) is 11.1 Å². The van der Waals surface area contributed by atoms with Gasteiger partial charge < -0.3 is 9.64 Å². The molecule has 5 nitrogen and oxygen atoms in total. The van der Waals surface area contributed by atoms with E-state index in [1.165, 1.54) is 33.3 Å². The zero-order valence-corrected chi connectivity index (χ0v) is 22.3. The van der Waals surface area contributed by atoms with Gasteiger partial charge in [0.25, 0.3) is 0 Å². The van der Waals surface area contributed by atoms with Crippen LogP contribution in [0.4, 0.5) is 5.69 Å². The molecule has 0 saturated carbocycles. The third kappa shape index (κ3) is 5.43. The Morgan fingerprint density at radius 3 is 2.47 bits per heavy atom. The molecule has 34 heavy (non-hydrogen) atoms. The Morgan fingerprint density at radius 1 is 0.971 bits per heavy atom. The number of halogens is 1. The van der Waals surface area contributed by atoms with Crippen LogP contribution in [0, 0.1) is 6.92 Å². The molecule has 0 spiro atoms. The van der Waals surface area contributed by atoms with E-state index in [2.05, 4.69) is 103 Å². The fourth-order valence-corrected chi connectivity index (χ4v) is 5.80. The molecule has 4 aromatic rings. The molecule has 1 aliphatic heterocycles. The minimum atomic E-state index is 0.693. The van der Waals surface area contributed by atoms with Crippen molar-refractivity contribution in [1.29, 1.82) is 0 Å². The van der Waals surface area contributed by atoms with E-state index in [9.17, 15) is 0 Å². The maximum atomic E-state index is 5.87. The summed E-state index contributed by atoms with van der Waals surface area (Å²) in [6.07, 6.45) is 4.13. The van der Waals surface area contributed by atoms with Gasteiger partial charge >= 0.3 is 0 Å². The highest BCUT2D eigenvalue weighted by Crippen LogP contribution is 2.30. The molecule has 2 aromatic carbocycles. The molecule has 0 bridgehead atoms. The van der Waals surface area contributed by atoms with Crippen molar-refractivity contribution in [2.24, 2.45) is 0 Å². The number of pyridine rings is 1. The van der Waals surface area contributed by atoms with E-state index < -0.39 is 0 Å². The van der Waals surface area contributed by atoms with Crippen molar-refractivity contribution in [3.05, 3.63) is 84.2 Å². The normalized spacial score (nSPS) is 14.7. The van der Waals surface area contributed by atoms with Crippen molar-refractivity contribution in [2.75, 3.05) is 44.2 Å². The molecular formula is C27H29IN4OS. The molecule has 5 rings (SSSR count). The predicted octanol–water partition coefficient (Wildman–Crippen LogP) is 6.20. The molecule has 3 heterocycles. The van der Waals surface area contributed by atoms with Gasteiger partial charge in [-0.15, -0.1) is 0 Å². The first-order valence-electron chi connectivity index (χ1n) is 11.7. The lowest BCUT2D eigenvalue weighted by molar-refractivity contribution is 0.0907. The molecule has 1 fully saturated rings. The minimum Gasteiger partial charge on any atom is -0.375 e. The number of fused-ring (bicyclic) bond motifs is 1. The van der Waals surface area contributed by atoms with Gasteiger partial charge in [0.2, 0.25) is 0 Å². The van der Waals surface area contributed by atoms with Crippen molar-refractivity contribution < 1.29 is 4.74 Å². The first-order chi connectivity index (χ1) is 16.7. The summed E-state index contributed by atoms with van der Waals surface area (Å²) in [6, 6.07) is 21.6. The van der Waals surface area contributed by atoms with Crippen LogP contribution >= 0.6 is 30.3 Å². The average molecular weight is 585 g/mol. The molecule has 0 radical (unpaired) electrons. The van der Waals surface area contributed by atoms with Crippen molar-refractivity contribution in [3.63, 3.8) is 0 Å². The summed E-state index contributed by atoms with van der Waals surface area (Å²) in [5.41, 5.74) is 7.19. The summed E-state index contributed by atoms with van der Waals surface area (Å²) in [7, 11) is 1.65. The van der Waals surface area contributed by atoms with Gasteiger partial charge in [-0.25, -0.2) is 4.98 Å². The van der Waals surface area contributed by atoms with Crippen LogP contribution in [-0.2, 0) is 11.3 Å². The van der Waals surface area contributed by atoms with Crippen molar-refractivity contribution in [2.45, 2.75) is 13.5 Å². The molecule has 7 heteroatoms. The van der Waals surface area contributed by atoms with Gasteiger partial charge in [-0.3, -0.25) is 8.87 Å². The number of nitrogens with zero attached hydrogens (tertiary/aromatic N) is 4. The predicted molar refractivity (Wildman–Crippen MR) is 152 cm³/mol. The van der Waals surface area contributed by atoms with E-state index in [0.717, 1.165) is 45.0 Å². The van der Waals surface area contributed by atoms with Crippen LogP contribution in [0.15, 0.2) is 73.1 Å². The maximum Gasteiger partial charge on any atom is 0.150 e. The van der Waals surface area contributed by atoms with Gasteiger partial charge in [-0.2, -0.15) is 0 Å². The second kappa shape index (κ2) is 11.1. The molecule has 0 N–H and O–H groups in total. The summed E-state index contributed by atoms with van der Waals surface area (Å²) in [5.74, 6) is 0. The topological polar surface area (TPSA) is 33.5 Å². The highest BCUT2D eigenvalue weighted by molar-refractivity contribution is 14.2. The number of piperazine rings is 1. The summed E-state index contributed by atoms with van der Waals surface area (Å²) in [4.78, 5) is 9.71. The Bertz CT molecular complexity index is 1220. The van der Waals surface area contributed by atoms with Crippen LogP contribution in [0.2, 0.25) is 0 Å². The Kier molecular flexibility index (Phi) is 7.73. The number of ether oxygens (including phenoxy) is 1. The maximum absolute atomic E-state index is 5.87. The van der Waals surface area contributed by atoms with Crippen LogP contribution < -0.4 is 4.90 Å². The number of aromatic nitrogens is 2. The Balaban J connectivity index is 1.13. The molecular weight excluding hydrogens is 555 g/mol. The first kappa shape index (κ1) is 23.7. The quantitative estimate of drug-likeness (QED) is 0.182. The Hall–Kier alpha value is -2.07. The second-order valence-electron chi connectivity index (χ2n) is 8.72. The fourth-order valence-electron chi connectivity index (χ4n) is 4.49. The largest absolute Gasteiger partial charge is 0.375 e. The van der Waals surface area contributed by atoms with Gasteiger partial charge in [-0.1, -0.05) is 42.5 Å². The highest BCUT2D eigenvalue weighted by atomic mass is 127. The lowest BCUT2D eigenvalue weighted by Gasteiger charge is -2.36. The molecule has 1 aliphatic rings. The molecule has 0 unspecified atom stereocenters. The third-order valence-electron chi connectivity index (χ3n) is 6.49. The van der Waals surface area contributed by atoms with Crippen molar-refractivity contribution in [3.8, 4) is 11.1 Å². The van der Waals surface area contributed by atoms with Gasteiger partial charge in [0.1, 0.15) is 0 Å². The second-order valence-corrected chi connectivity index (χ2v) is 10.4. The number of benzene rings is 2. The van der Waals surface area contributed by atoms with E-state index in [1.54, 1.807) is 9.12 Å². The van der Waals surface area contributed by atoms with E-state index in [-0.39, 0.29) is 0 Å². The fraction of sp³-hybridized carbons (Fsp3) is 0.296. The summed E-state index contributed by atoms with van der Waals surface area (Å²) < 4.78 is 7.99. The molecule has 0 atom stereocenters. The minimum absolute atomic E-state index is 0.693. The zero-order chi connectivity index (χ0) is 23.3. The van der Waals surface area contributed by atoms with Crippen molar-refractivity contribution in [1.82, 2.24) is 13.9 Å². The molecule has 0 aliphatic carbocycles. The van der Waals surface area contributed by atoms with Gasteiger partial charge in [0, 0.05) is 92.1 Å². The number of aryl methyl sites for hydroxylation is 1. The monoisotopic (exact) mass is 584 g/mol. The standard InChI is InChI=1S/C27H29IN4OS/c1-21-19-32(34-28)27-26(21)17-24(18-29-27)23-7-9-25(10-8-23)31-13-11-30(12-14-31)15-16-33-20-22-5-3-2-4-6-22/h2-10,17-19H,11-16,20H2,1H3. The van der Waals surface area contributed by atoms with Crippen LogP contribution in [0.5, 0.6) is 0 Å². The van der Waals surface area contributed by atoms with Gasteiger partial charge in [0.05, 0.1) is 13.2 Å². The first-order valence-corrected chi connectivity index (χ1v) is 15.0. The third-order valence-corrected chi connectivity index (χ3v) is 8.19. The van der Waals surface area contributed by atoms with E-state index in [1.807, 2.05) is 12.3 Å². The smallest absolute Gasteiger partial charge is 0.150 e. The van der Waals surface area contributed by atoms with Gasteiger partial charge in [0.15, 0.2) is 5.65 Å².